The fraction of sp³-hybridized carbons (Fsp3) is 0.0909. The number of pyridine rings is 2. The van der Waals surface area contributed by atoms with Crippen molar-refractivity contribution < 1.29 is 8.42 Å². The monoisotopic (exact) mass is 264 g/mol. The van der Waals surface area contributed by atoms with Gasteiger partial charge in [-0.2, -0.15) is 0 Å². The zero-order valence-corrected chi connectivity index (χ0v) is 10.5. The Balaban J connectivity index is 2.37. The predicted molar refractivity (Wildman–Crippen MR) is 68.4 cm³/mol. The van der Waals surface area contributed by atoms with Gasteiger partial charge in [-0.25, -0.2) is 13.4 Å². The van der Waals surface area contributed by atoms with Crippen LogP contribution in [0.5, 0.6) is 0 Å². The van der Waals surface area contributed by atoms with Crippen LogP contribution >= 0.6 is 0 Å². The maximum atomic E-state index is 12.1. The Morgan fingerprint density at radius 1 is 1.28 bits per heavy atom. The molecule has 2 aromatic rings. The summed E-state index contributed by atoms with van der Waals surface area (Å²) in [6.45, 7) is 1.77. The maximum Gasteiger partial charge on any atom is 0.266 e. The van der Waals surface area contributed by atoms with Gasteiger partial charge in [0.05, 0.1) is 5.69 Å². The van der Waals surface area contributed by atoms with Gasteiger partial charge in [-0.15, -0.1) is 0 Å². The summed E-state index contributed by atoms with van der Waals surface area (Å²) in [6.07, 6.45) is 2.63. The second kappa shape index (κ2) is 4.61. The average Bonchev–Trinajstić information content (AvgIpc) is 2.28. The number of hydrogen-bond donors (Lipinski definition) is 2. The summed E-state index contributed by atoms with van der Waals surface area (Å²) < 4.78 is 26.5. The van der Waals surface area contributed by atoms with E-state index in [-0.39, 0.29) is 16.4 Å². The fourth-order valence-electron chi connectivity index (χ4n) is 1.41. The summed E-state index contributed by atoms with van der Waals surface area (Å²) in [7, 11) is -3.76. The lowest BCUT2D eigenvalue weighted by Crippen LogP contribution is -2.16. The summed E-state index contributed by atoms with van der Waals surface area (Å²) in [5, 5.41) is 0. The van der Waals surface area contributed by atoms with E-state index >= 15 is 0 Å². The van der Waals surface area contributed by atoms with E-state index in [1.807, 2.05) is 0 Å². The highest BCUT2D eigenvalue weighted by molar-refractivity contribution is 7.92. The number of sulfonamides is 1. The van der Waals surface area contributed by atoms with Gasteiger partial charge in [-0.1, -0.05) is 6.07 Å². The van der Waals surface area contributed by atoms with Crippen molar-refractivity contribution in [2.75, 3.05) is 10.5 Å². The smallest absolute Gasteiger partial charge is 0.266 e. The van der Waals surface area contributed by atoms with Gasteiger partial charge >= 0.3 is 0 Å². The van der Waals surface area contributed by atoms with E-state index in [1.54, 1.807) is 25.1 Å². The van der Waals surface area contributed by atoms with Crippen molar-refractivity contribution in [3.05, 3.63) is 42.4 Å². The molecule has 0 spiro atoms. The van der Waals surface area contributed by atoms with Crippen LogP contribution in [-0.4, -0.2) is 18.4 Å². The number of nitrogens with two attached hydrogens (primary N) is 1. The van der Waals surface area contributed by atoms with Crippen LogP contribution in [0.3, 0.4) is 0 Å². The number of anilines is 2. The topological polar surface area (TPSA) is 98.0 Å². The zero-order chi connectivity index (χ0) is 13.2. The lowest BCUT2D eigenvalue weighted by molar-refractivity contribution is 0.601. The molecule has 18 heavy (non-hydrogen) atoms. The van der Waals surface area contributed by atoms with Crippen LogP contribution in [0.1, 0.15) is 5.69 Å². The van der Waals surface area contributed by atoms with Crippen LogP contribution in [0, 0.1) is 6.92 Å². The van der Waals surface area contributed by atoms with Crippen molar-refractivity contribution in [3.63, 3.8) is 0 Å². The number of nitrogens with zero attached hydrogens (tertiary/aromatic N) is 2. The van der Waals surface area contributed by atoms with Gasteiger partial charge in [0.2, 0.25) is 0 Å². The normalized spacial score (nSPS) is 11.2. The van der Waals surface area contributed by atoms with E-state index in [2.05, 4.69) is 14.7 Å². The van der Waals surface area contributed by atoms with Gasteiger partial charge in [0.15, 0.2) is 0 Å². The first kappa shape index (κ1) is 12.3. The van der Waals surface area contributed by atoms with Crippen molar-refractivity contribution >= 4 is 21.5 Å². The molecule has 0 saturated carbocycles. The minimum absolute atomic E-state index is 0.0618. The molecule has 0 aliphatic heterocycles. The van der Waals surface area contributed by atoms with Crippen molar-refractivity contribution in [2.24, 2.45) is 0 Å². The van der Waals surface area contributed by atoms with Crippen LogP contribution < -0.4 is 10.5 Å². The van der Waals surface area contributed by atoms with Gasteiger partial charge in [0.25, 0.3) is 10.0 Å². The van der Waals surface area contributed by atoms with Crippen molar-refractivity contribution in [1.82, 2.24) is 9.97 Å². The standard InChI is InChI=1S/C11H12N4O2S/c1-8-3-2-4-11(14-8)15-18(16,17)10-7-13-6-5-9(10)12/h2-7H,1H3,(H2,12,13)(H,14,15). The first-order valence-electron chi connectivity index (χ1n) is 5.15. The van der Waals surface area contributed by atoms with Crippen LogP contribution in [0.25, 0.3) is 0 Å². The molecule has 0 unspecified atom stereocenters. The Labute approximate surface area is 105 Å². The van der Waals surface area contributed by atoms with Crippen LogP contribution in [0.2, 0.25) is 0 Å². The Bertz CT molecular complexity index is 670. The van der Waals surface area contributed by atoms with E-state index in [0.29, 0.717) is 5.69 Å². The highest BCUT2D eigenvalue weighted by atomic mass is 32.2. The third kappa shape index (κ3) is 2.57. The van der Waals surface area contributed by atoms with E-state index in [1.165, 1.54) is 18.5 Å². The molecule has 7 heteroatoms. The summed E-state index contributed by atoms with van der Waals surface area (Å²) in [5.74, 6) is 0.248. The molecule has 94 valence electrons. The van der Waals surface area contributed by atoms with Crippen molar-refractivity contribution in [2.45, 2.75) is 11.8 Å². The van der Waals surface area contributed by atoms with E-state index in [0.717, 1.165) is 0 Å². The Morgan fingerprint density at radius 2 is 2.06 bits per heavy atom. The van der Waals surface area contributed by atoms with Crippen molar-refractivity contribution in [3.8, 4) is 0 Å². The molecule has 0 saturated heterocycles. The molecule has 0 amide bonds. The van der Waals surface area contributed by atoms with Crippen LogP contribution in [-0.2, 0) is 10.0 Å². The first-order valence-corrected chi connectivity index (χ1v) is 6.63. The molecular formula is C11H12N4O2S. The Kier molecular flexibility index (Phi) is 3.15. The minimum atomic E-state index is -3.76. The molecule has 2 rings (SSSR count). The van der Waals surface area contributed by atoms with E-state index in [4.69, 9.17) is 5.73 Å². The summed E-state index contributed by atoms with van der Waals surface area (Å²) in [4.78, 5) is 7.75. The predicted octanol–water partition coefficient (Wildman–Crippen LogP) is 1.17. The Morgan fingerprint density at radius 3 is 2.72 bits per heavy atom. The highest BCUT2D eigenvalue weighted by Crippen LogP contribution is 2.19. The Hall–Kier alpha value is -2.15. The largest absolute Gasteiger partial charge is 0.398 e. The second-order valence-corrected chi connectivity index (χ2v) is 5.33. The van der Waals surface area contributed by atoms with Gasteiger partial charge in [0, 0.05) is 18.1 Å². The number of aromatic nitrogens is 2. The number of aryl methyl sites for hydroxylation is 1. The third-order valence-electron chi connectivity index (χ3n) is 2.23. The summed E-state index contributed by atoms with van der Waals surface area (Å²) in [6, 6.07) is 6.48. The molecule has 0 aliphatic rings. The fourth-order valence-corrected chi connectivity index (χ4v) is 2.48. The molecule has 2 aromatic heterocycles. The number of rotatable bonds is 3. The molecular weight excluding hydrogens is 252 g/mol. The van der Waals surface area contributed by atoms with Gasteiger partial charge in [0.1, 0.15) is 10.7 Å². The molecule has 0 aliphatic carbocycles. The third-order valence-corrected chi connectivity index (χ3v) is 3.63. The van der Waals surface area contributed by atoms with Crippen LogP contribution in [0.15, 0.2) is 41.6 Å². The molecule has 0 fully saturated rings. The SMILES string of the molecule is Cc1cccc(NS(=O)(=O)c2cnccc2N)n1. The minimum Gasteiger partial charge on any atom is -0.398 e. The second-order valence-electron chi connectivity index (χ2n) is 3.68. The molecule has 2 heterocycles. The number of nitrogen functional groups attached to an aromatic ring is 1. The zero-order valence-electron chi connectivity index (χ0n) is 9.66. The van der Waals surface area contributed by atoms with E-state index in [9.17, 15) is 8.42 Å². The summed E-state index contributed by atoms with van der Waals surface area (Å²) in [5.41, 5.74) is 6.47. The quantitative estimate of drug-likeness (QED) is 0.867. The molecule has 3 N–H and O–H groups in total. The average molecular weight is 264 g/mol. The molecule has 0 aromatic carbocycles. The number of hydrogen-bond acceptors (Lipinski definition) is 5. The van der Waals surface area contributed by atoms with Crippen molar-refractivity contribution in [1.29, 1.82) is 0 Å². The van der Waals surface area contributed by atoms with Crippen LogP contribution in [0.4, 0.5) is 11.5 Å². The first-order chi connectivity index (χ1) is 8.49. The lowest BCUT2D eigenvalue weighted by Gasteiger charge is -2.09. The molecule has 0 atom stereocenters. The lowest BCUT2D eigenvalue weighted by atomic mass is 10.4. The molecule has 6 nitrogen and oxygen atoms in total. The molecule has 0 radical (unpaired) electrons. The van der Waals surface area contributed by atoms with Gasteiger partial charge in [-0.05, 0) is 25.1 Å². The van der Waals surface area contributed by atoms with Gasteiger partial charge in [-0.3, -0.25) is 9.71 Å². The molecule has 0 bridgehead atoms. The maximum absolute atomic E-state index is 12.1. The van der Waals surface area contributed by atoms with Gasteiger partial charge < -0.3 is 5.73 Å². The summed E-state index contributed by atoms with van der Waals surface area (Å²) >= 11 is 0. The number of nitrogens with one attached hydrogen (secondary N) is 1. The highest BCUT2D eigenvalue weighted by Gasteiger charge is 2.18. The van der Waals surface area contributed by atoms with E-state index < -0.39 is 10.0 Å².